The van der Waals surface area contributed by atoms with E-state index in [1.807, 2.05) is 13.8 Å². The number of hydrogen-bond acceptors (Lipinski definition) is 4. The van der Waals surface area contributed by atoms with Gasteiger partial charge in [-0.1, -0.05) is 37.3 Å². The van der Waals surface area contributed by atoms with Crippen LogP contribution in [0.1, 0.15) is 62.7 Å². The number of nitrogens with zero attached hydrogens (tertiary/aromatic N) is 1. The summed E-state index contributed by atoms with van der Waals surface area (Å²) in [5.74, 6) is 0.0359. The van der Waals surface area contributed by atoms with E-state index in [0.29, 0.717) is 16.5 Å². The molecule has 0 bridgehead atoms. The lowest BCUT2D eigenvalue weighted by Crippen LogP contribution is -2.42. The molecule has 1 amide bonds. The van der Waals surface area contributed by atoms with Crippen LogP contribution in [0.2, 0.25) is 5.02 Å². The molecular weight excluding hydrogens is 316 g/mol. The van der Waals surface area contributed by atoms with Crippen LogP contribution in [0.5, 0.6) is 5.88 Å². The summed E-state index contributed by atoms with van der Waals surface area (Å²) in [6, 6.07) is 1.54. The molecule has 0 atom stereocenters. The topological polar surface area (TPSA) is 71.5 Å². The van der Waals surface area contributed by atoms with Crippen LogP contribution < -0.4 is 10.1 Å². The van der Waals surface area contributed by atoms with E-state index in [1.165, 1.54) is 6.20 Å². The van der Waals surface area contributed by atoms with Crippen molar-refractivity contribution in [2.75, 3.05) is 6.54 Å². The van der Waals surface area contributed by atoms with Gasteiger partial charge in [0.25, 0.3) is 5.91 Å². The summed E-state index contributed by atoms with van der Waals surface area (Å²) in [5, 5.41) is 13.7. The quantitative estimate of drug-likeness (QED) is 0.806. The fourth-order valence-corrected chi connectivity index (χ4v) is 2.98. The number of carbonyl (C=O) groups is 1. The third-order valence-corrected chi connectivity index (χ3v) is 4.30. The second kappa shape index (κ2) is 7.97. The maximum Gasteiger partial charge on any atom is 0.253 e. The van der Waals surface area contributed by atoms with Gasteiger partial charge in [-0.25, -0.2) is 4.98 Å². The lowest BCUT2D eigenvalue weighted by atomic mass is 9.94. The van der Waals surface area contributed by atoms with Crippen LogP contribution in [0, 0.1) is 0 Å². The fourth-order valence-electron chi connectivity index (χ4n) is 2.77. The highest BCUT2D eigenvalue weighted by atomic mass is 35.5. The van der Waals surface area contributed by atoms with Crippen molar-refractivity contribution in [2.24, 2.45) is 0 Å². The molecule has 1 aromatic rings. The van der Waals surface area contributed by atoms with E-state index in [2.05, 4.69) is 10.3 Å². The first-order chi connectivity index (χ1) is 10.9. The SMILES string of the molecule is CC(C)Oc1ncc(C(=O)NCC2(O)CCCCCC2)cc1Cl. The van der Waals surface area contributed by atoms with Gasteiger partial charge in [0.2, 0.25) is 5.88 Å². The molecule has 0 radical (unpaired) electrons. The molecule has 0 spiro atoms. The molecule has 1 fully saturated rings. The molecule has 1 aromatic heterocycles. The van der Waals surface area contributed by atoms with E-state index in [0.717, 1.165) is 38.5 Å². The van der Waals surface area contributed by atoms with Crippen LogP contribution in [0.4, 0.5) is 0 Å². The zero-order valence-corrected chi connectivity index (χ0v) is 14.5. The molecule has 1 saturated carbocycles. The number of pyridine rings is 1. The average Bonchev–Trinajstić information content (AvgIpc) is 2.72. The van der Waals surface area contributed by atoms with Gasteiger partial charge in [-0.15, -0.1) is 0 Å². The van der Waals surface area contributed by atoms with Gasteiger partial charge in [-0.2, -0.15) is 0 Å². The Bertz CT molecular complexity index is 541. The summed E-state index contributed by atoms with van der Waals surface area (Å²) >= 11 is 6.10. The first-order valence-electron chi connectivity index (χ1n) is 8.22. The van der Waals surface area contributed by atoms with Crippen molar-refractivity contribution in [2.45, 2.75) is 64.1 Å². The zero-order valence-electron chi connectivity index (χ0n) is 13.8. The Morgan fingerprint density at radius 3 is 2.61 bits per heavy atom. The minimum atomic E-state index is -0.802. The molecular formula is C17H25ClN2O3. The van der Waals surface area contributed by atoms with Crippen molar-refractivity contribution in [1.29, 1.82) is 0 Å². The normalized spacial score (nSPS) is 17.6. The predicted molar refractivity (Wildman–Crippen MR) is 90.0 cm³/mol. The van der Waals surface area contributed by atoms with Crippen molar-refractivity contribution >= 4 is 17.5 Å². The molecule has 1 heterocycles. The summed E-state index contributed by atoms with van der Waals surface area (Å²) in [6.45, 7) is 4.02. The van der Waals surface area contributed by atoms with Crippen molar-refractivity contribution < 1.29 is 14.6 Å². The van der Waals surface area contributed by atoms with Crippen LogP contribution in [0.3, 0.4) is 0 Å². The van der Waals surface area contributed by atoms with Crippen LogP contribution in [0.25, 0.3) is 0 Å². The number of aromatic nitrogens is 1. The summed E-state index contributed by atoms with van der Waals surface area (Å²) in [6.07, 6.45) is 7.16. The molecule has 2 rings (SSSR count). The van der Waals surface area contributed by atoms with Gasteiger partial charge in [-0.05, 0) is 32.8 Å². The Morgan fingerprint density at radius 1 is 1.39 bits per heavy atom. The third-order valence-electron chi connectivity index (χ3n) is 4.03. The van der Waals surface area contributed by atoms with E-state index >= 15 is 0 Å². The van der Waals surface area contributed by atoms with Crippen molar-refractivity contribution in [3.8, 4) is 5.88 Å². The number of ether oxygens (including phenoxy) is 1. The molecule has 128 valence electrons. The average molecular weight is 341 g/mol. The van der Waals surface area contributed by atoms with E-state index in [4.69, 9.17) is 16.3 Å². The van der Waals surface area contributed by atoms with Crippen LogP contribution >= 0.6 is 11.6 Å². The lowest BCUT2D eigenvalue weighted by molar-refractivity contribution is 0.0246. The number of carbonyl (C=O) groups excluding carboxylic acids is 1. The predicted octanol–water partition coefficient (Wildman–Crippen LogP) is 3.34. The molecule has 0 unspecified atom stereocenters. The Hall–Kier alpha value is -1.33. The Morgan fingerprint density at radius 2 is 2.04 bits per heavy atom. The molecule has 0 aromatic carbocycles. The second-order valence-corrected chi connectivity index (χ2v) is 6.91. The van der Waals surface area contributed by atoms with Crippen molar-refractivity contribution in [3.05, 3.63) is 22.8 Å². The van der Waals surface area contributed by atoms with Crippen molar-refractivity contribution in [1.82, 2.24) is 10.3 Å². The van der Waals surface area contributed by atoms with Crippen molar-refractivity contribution in [3.63, 3.8) is 0 Å². The first kappa shape index (κ1) is 18.0. The third kappa shape index (κ3) is 5.36. The molecule has 0 aliphatic heterocycles. The summed E-state index contributed by atoms with van der Waals surface area (Å²) < 4.78 is 5.45. The van der Waals surface area contributed by atoms with E-state index in [1.54, 1.807) is 6.07 Å². The van der Waals surface area contributed by atoms with E-state index in [9.17, 15) is 9.90 Å². The van der Waals surface area contributed by atoms with Crippen LogP contribution in [-0.4, -0.2) is 34.2 Å². The maximum atomic E-state index is 12.2. The highest BCUT2D eigenvalue weighted by molar-refractivity contribution is 6.32. The summed E-state index contributed by atoms with van der Waals surface area (Å²) in [7, 11) is 0. The first-order valence-corrected chi connectivity index (χ1v) is 8.60. The van der Waals surface area contributed by atoms with Gasteiger partial charge in [0, 0.05) is 12.7 Å². The molecule has 1 aliphatic rings. The fraction of sp³-hybridized carbons (Fsp3) is 0.647. The zero-order chi connectivity index (χ0) is 16.9. The second-order valence-electron chi connectivity index (χ2n) is 6.50. The minimum Gasteiger partial charge on any atom is -0.474 e. The Balaban J connectivity index is 1.96. The molecule has 0 saturated heterocycles. The highest BCUT2D eigenvalue weighted by Gasteiger charge is 2.28. The van der Waals surface area contributed by atoms with Crippen LogP contribution in [-0.2, 0) is 0 Å². The Kier molecular flexibility index (Phi) is 6.25. The number of nitrogens with one attached hydrogen (secondary N) is 1. The number of aliphatic hydroxyl groups is 1. The van der Waals surface area contributed by atoms with Gasteiger partial charge in [0.05, 0.1) is 17.3 Å². The van der Waals surface area contributed by atoms with Gasteiger partial charge >= 0.3 is 0 Å². The largest absolute Gasteiger partial charge is 0.474 e. The highest BCUT2D eigenvalue weighted by Crippen LogP contribution is 2.27. The van der Waals surface area contributed by atoms with E-state index in [-0.39, 0.29) is 18.6 Å². The number of rotatable bonds is 5. The van der Waals surface area contributed by atoms with Gasteiger partial charge in [0.15, 0.2) is 0 Å². The standard InChI is InChI=1S/C17H25ClN2O3/c1-12(2)23-16-14(18)9-13(10-19-16)15(21)20-11-17(22)7-5-3-4-6-8-17/h9-10,12,22H,3-8,11H2,1-2H3,(H,20,21). The number of halogens is 1. The maximum absolute atomic E-state index is 12.2. The number of amides is 1. The van der Waals surface area contributed by atoms with Crippen LogP contribution in [0.15, 0.2) is 12.3 Å². The van der Waals surface area contributed by atoms with E-state index < -0.39 is 5.60 Å². The smallest absolute Gasteiger partial charge is 0.253 e. The molecule has 23 heavy (non-hydrogen) atoms. The Labute approximate surface area is 142 Å². The summed E-state index contributed by atoms with van der Waals surface area (Å²) in [4.78, 5) is 16.3. The van der Waals surface area contributed by atoms with Gasteiger partial charge in [-0.3, -0.25) is 4.79 Å². The van der Waals surface area contributed by atoms with Gasteiger partial charge in [0.1, 0.15) is 5.02 Å². The van der Waals surface area contributed by atoms with Gasteiger partial charge < -0.3 is 15.2 Å². The molecule has 1 aliphatic carbocycles. The molecule has 5 nitrogen and oxygen atoms in total. The lowest BCUT2D eigenvalue weighted by Gasteiger charge is -2.26. The number of hydrogen-bond donors (Lipinski definition) is 2. The summed E-state index contributed by atoms with van der Waals surface area (Å²) in [5.41, 5.74) is -0.437. The molecule has 2 N–H and O–H groups in total. The monoisotopic (exact) mass is 340 g/mol. The minimum absolute atomic E-state index is 0.0378. The molecule has 6 heteroatoms.